The molecule has 114 valence electrons. The molecule has 1 amide bonds. The van der Waals surface area contributed by atoms with Crippen LogP contribution in [-0.4, -0.2) is 42.3 Å². The van der Waals surface area contributed by atoms with Gasteiger partial charge in [0.2, 0.25) is 5.91 Å². The number of phosphoric acid groups is 1. The number of unbranched alkanes of at least 4 members (excludes halogenated alkanes) is 1. The van der Waals surface area contributed by atoms with Gasteiger partial charge in [0.15, 0.2) is 0 Å². The Balaban J connectivity index is 3.77. The molecule has 0 spiro atoms. The molecule has 0 aliphatic carbocycles. The molecule has 0 saturated carbocycles. The molecular weight excluding hydrogens is 273 g/mol. The summed E-state index contributed by atoms with van der Waals surface area (Å²) in [6.45, 7) is 3.59. The number of hydrogen-bond acceptors (Lipinski definition) is 5. The van der Waals surface area contributed by atoms with E-state index in [0.717, 1.165) is 12.8 Å². The first kappa shape index (κ1) is 18.5. The average molecular weight is 297 g/mol. The van der Waals surface area contributed by atoms with Crippen molar-refractivity contribution in [1.82, 2.24) is 5.32 Å². The van der Waals surface area contributed by atoms with Crippen molar-refractivity contribution < 1.29 is 28.4 Å². The van der Waals surface area contributed by atoms with Crippen LogP contribution in [0.25, 0.3) is 0 Å². The Morgan fingerprint density at radius 2 is 2.05 bits per heavy atom. The molecule has 0 aliphatic heterocycles. The minimum Gasteiger partial charge on any atom is -0.396 e. The highest BCUT2D eigenvalue weighted by atomic mass is 31.2. The minimum atomic E-state index is -3.99. The zero-order chi connectivity index (χ0) is 14.7. The third-order valence-corrected chi connectivity index (χ3v) is 3.50. The quantitative estimate of drug-likeness (QED) is 0.389. The van der Waals surface area contributed by atoms with E-state index in [9.17, 15) is 14.3 Å². The molecule has 8 heteroatoms. The fourth-order valence-electron chi connectivity index (χ4n) is 1.45. The second-order valence-electron chi connectivity index (χ2n) is 4.21. The maximum Gasteiger partial charge on any atom is 0.472 e. The molecule has 0 aromatic heterocycles. The molecule has 2 atom stereocenters. The number of phosphoric ester groups is 1. The number of rotatable bonds is 11. The van der Waals surface area contributed by atoms with Crippen LogP contribution in [0.4, 0.5) is 0 Å². The molecule has 0 radical (unpaired) electrons. The van der Waals surface area contributed by atoms with Crippen LogP contribution in [0.5, 0.6) is 0 Å². The topological polar surface area (TPSA) is 105 Å². The van der Waals surface area contributed by atoms with Crippen LogP contribution >= 0.6 is 7.82 Å². The Morgan fingerprint density at radius 1 is 1.37 bits per heavy atom. The van der Waals surface area contributed by atoms with Crippen LogP contribution in [0.3, 0.4) is 0 Å². The first-order chi connectivity index (χ1) is 8.91. The molecule has 19 heavy (non-hydrogen) atoms. The van der Waals surface area contributed by atoms with Crippen molar-refractivity contribution in [3.05, 3.63) is 0 Å². The maximum absolute atomic E-state index is 11.3. The van der Waals surface area contributed by atoms with Gasteiger partial charge in [0.1, 0.15) is 0 Å². The molecule has 0 aromatic carbocycles. The van der Waals surface area contributed by atoms with Gasteiger partial charge in [-0.2, -0.15) is 0 Å². The van der Waals surface area contributed by atoms with Gasteiger partial charge in [-0.05, 0) is 19.8 Å². The smallest absolute Gasteiger partial charge is 0.396 e. The molecule has 3 N–H and O–H groups in total. The molecular formula is C11H24NO6P. The molecule has 0 aromatic rings. The van der Waals surface area contributed by atoms with Crippen molar-refractivity contribution in [3.63, 3.8) is 0 Å². The van der Waals surface area contributed by atoms with E-state index in [2.05, 4.69) is 9.84 Å². The summed E-state index contributed by atoms with van der Waals surface area (Å²) < 4.78 is 20.6. The average Bonchev–Trinajstić information content (AvgIpc) is 2.32. The van der Waals surface area contributed by atoms with Crippen molar-refractivity contribution in [1.29, 1.82) is 0 Å². The van der Waals surface area contributed by atoms with Gasteiger partial charge in [0.05, 0.1) is 13.2 Å². The molecule has 7 nitrogen and oxygen atoms in total. The van der Waals surface area contributed by atoms with Crippen LogP contribution < -0.4 is 5.32 Å². The van der Waals surface area contributed by atoms with Gasteiger partial charge in [0.25, 0.3) is 0 Å². The molecule has 0 rings (SSSR count). The number of aliphatic hydroxyl groups excluding tert-OH is 1. The summed E-state index contributed by atoms with van der Waals surface area (Å²) in [7, 11) is -3.99. The van der Waals surface area contributed by atoms with Gasteiger partial charge in [-0.15, -0.1) is 0 Å². The SMILES string of the molecule is CCOP(=O)(O)OCC(CO)CCCCNC(C)=O. The molecule has 0 heterocycles. The summed E-state index contributed by atoms with van der Waals surface area (Å²) in [6, 6.07) is 0. The maximum atomic E-state index is 11.3. The van der Waals surface area contributed by atoms with Gasteiger partial charge < -0.3 is 15.3 Å². The summed E-state index contributed by atoms with van der Waals surface area (Å²) in [5.41, 5.74) is 0. The predicted octanol–water partition coefficient (Wildman–Crippen LogP) is 1.05. The highest BCUT2D eigenvalue weighted by Gasteiger charge is 2.22. The molecule has 0 fully saturated rings. The van der Waals surface area contributed by atoms with Gasteiger partial charge >= 0.3 is 7.82 Å². The Kier molecular flexibility index (Phi) is 10.1. The van der Waals surface area contributed by atoms with Crippen LogP contribution in [0, 0.1) is 5.92 Å². The van der Waals surface area contributed by atoms with Crippen molar-refractivity contribution >= 4 is 13.7 Å². The highest BCUT2D eigenvalue weighted by Crippen LogP contribution is 2.43. The van der Waals surface area contributed by atoms with E-state index in [-0.39, 0.29) is 31.6 Å². The zero-order valence-electron chi connectivity index (χ0n) is 11.5. The number of aliphatic hydroxyl groups is 1. The normalized spacial score (nSPS) is 15.8. The van der Waals surface area contributed by atoms with Crippen molar-refractivity contribution in [2.75, 3.05) is 26.4 Å². The standard InChI is InChI=1S/C11H24NO6P/c1-3-17-19(15,16)18-9-11(8-13)6-4-5-7-12-10(2)14/h11,13H,3-9H2,1-2H3,(H,12,14)(H,15,16). The number of hydrogen-bond donors (Lipinski definition) is 3. The number of nitrogens with one attached hydrogen (secondary N) is 1. The highest BCUT2D eigenvalue weighted by molar-refractivity contribution is 7.47. The first-order valence-electron chi connectivity index (χ1n) is 6.38. The summed E-state index contributed by atoms with van der Waals surface area (Å²) in [5.74, 6) is -0.279. The van der Waals surface area contributed by atoms with Crippen LogP contribution in [-0.2, 0) is 18.4 Å². The van der Waals surface area contributed by atoms with Crippen LogP contribution in [0.1, 0.15) is 33.1 Å². The fraction of sp³-hybridized carbons (Fsp3) is 0.909. The Labute approximate surface area is 113 Å². The van der Waals surface area contributed by atoms with Crippen molar-refractivity contribution in [2.45, 2.75) is 33.1 Å². The zero-order valence-corrected chi connectivity index (χ0v) is 12.4. The Bertz CT molecular complexity index is 299. The lowest BCUT2D eigenvalue weighted by Crippen LogP contribution is -2.21. The lowest BCUT2D eigenvalue weighted by atomic mass is 10.0. The van der Waals surface area contributed by atoms with E-state index in [1.807, 2.05) is 0 Å². The van der Waals surface area contributed by atoms with E-state index in [4.69, 9.17) is 9.63 Å². The Morgan fingerprint density at radius 3 is 2.58 bits per heavy atom. The van der Waals surface area contributed by atoms with Gasteiger partial charge in [0, 0.05) is 26.0 Å². The van der Waals surface area contributed by atoms with E-state index < -0.39 is 7.82 Å². The van der Waals surface area contributed by atoms with Crippen molar-refractivity contribution in [3.8, 4) is 0 Å². The molecule has 0 bridgehead atoms. The van der Waals surface area contributed by atoms with Gasteiger partial charge in [-0.3, -0.25) is 13.8 Å². The number of amides is 1. The predicted molar refractivity (Wildman–Crippen MR) is 70.5 cm³/mol. The third kappa shape index (κ3) is 11.1. The first-order valence-corrected chi connectivity index (χ1v) is 7.88. The van der Waals surface area contributed by atoms with E-state index in [1.165, 1.54) is 6.92 Å². The van der Waals surface area contributed by atoms with Gasteiger partial charge in [-0.25, -0.2) is 4.57 Å². The Hall–Kier alpha value is -0.460. The van der Waals surface area contributed by atoms with Gasteiger partial charge in [-0.1, -0.05) is 6.42 Å². The molecule has 0 aliphatic rings. The molecule has 0 saturated heterocycles. The molecule has 2 unspecified atom stereocenters. The second-order valence-corrected chi connectivity index (χ2v) is 5.66. The summed E-state index contributed by atoms with van der Waals surface area (Å²) in [4.78, 5) is 19.8. The summed E-state index contributed by atoms with van der Waals surface area (Å²) >= 11 is 0. The lowest BCUT2D eigenvalue weighted by Gasteiger charge is -2.16. The summed E-state index contributed by atoms with van der Waals surface area (Å²) in [6.07, 6.45) is 2.24. The fourth-order valence-corrected chi connectivity index (χ4v) is 2.25. The van der Waals surface area contributed by atoms with E-state index >= 15 is 0 Å². The number of carbonyl (C=O) groups excluding carboxylic acids is 1. The third-order valence-electron chi connectivity index (χ3n) is 2.44. The van der Waals surface area contributed by atoms with Crippen LogP contribution in [0.15, 0.2) is 0 Å². The van der Waals surface area contributed by atoms with Crippen LogP contribution in [0.2, 0.25) is 0 Å². The lowest BCUT2D eigenvalue weighted by molar-refractivity contribution is -0.118. The monoisotopic (exact) mass is 297 g/mol. The van der Waals surface area contributed by atoms with E-state index in [0.29, 0.717) is 13.0 Å². The van der Waals surface area contributed by atoms with E-state index in [1.54, 1.807) is 6.92 Å². The largest absolute Gasteiger partial charge is 0.472 e. The minimum absolute atomic E-state index is 0.0234. The second kappa shape index (κ2) is 10.3. The summed E-state index contributed by atoms with van der Waals surface area (Å²) in [5, 5.41) is 11.8. The number of carbonyl (C=O) groups is 1. The van der Waals surface area contributed by atoms with Crippen molar-refractivity contribution in [2.24, 2.45) is 5.92 Å².